The second kappa shape index (κ2) is 17.0. The maximum absolute atomic E-state index is 11.8. The van der Waals surface area contributed by atoms with E-state index in [1.807, 2.05) is 0 Å². The first kappa shape index (κ1) is 30.5. The SMILES string of the molecule is C#CC(C)(C)NC(=O)c1cc(Cl)cc(Cl)c1.CCCCCOC(=S)S.OC(=S)S. The van der Waals surface area contributed by atoms with E-state index in [0.717, 1.165) is 13.0 Å². The molecule has 0 aliphatic rings. The number of halogens is 2. The lowest BCUT2D eigenvalue weighted by Gasteiger charge is -2.19. The van der Waals surface area contributed by atoms with E-state index in [2.05, 4.69) is 67.9 Å². The predicted molar refractivity (Wildman–Crippen MR) is 138 cm³/mol. The first-order valence-corrected chi connectivity index (χ1v) is 10.8. The lowest BCUT2D eigenvalue weighted by atomic mass is 10.1. The Morgan fingerprint density at radius 3 is 2.10 bits per heavy atom. The number of aliphatic hydroxyl groups is 1. The molecule has 0 unspecified atom stereocenters. The van der Waals surface area contributed by atoms with E-state index in [0.29, 0.717) is 20.0 Å². The average molecular weight is 515 g/mol. The number of thiocarbonyl (C=S) groups is 2. The van der Waals surface area contributed by atoms with Crippen molar-refractivity contribution in [3.05, 3.63) is 33.8 Å². The highest BCUT2D eigenvalue weighted by Gasteiger charge is 2.18. The van der Waals surface area contributed by atoms with Crippen molar-refractivity contribution in [1.82, 2.24) is 5.32 Å². The van der Waals surface area contributed by atoms with Crippen LogP contribution in [0.1, 0.15) is 50.4 Å². The van der Waals surface area contributed by atoms with Gasteiger partial charge in [-0.3, -0.25) is 4.79 Å². The number of unbranched alkanes of at least 4 members (excludes halogenated alkanes) is 2. The zero-order chi connectivity index (χ0) is 23.0. The van der Waals surface area contributed by atoms with Gasteiger partial charge in [0, 0.05) is 15.6 Å². The molecule has 0 aromatic heterocycles. The minimum absolute atomic E-state index is 0.299. The van der Waals surface area contributed by atoms with Crippen LogP contribution in [0.15, 0.2) is 18.2 Å². The molecule has 1 rings (SSSR count). The summed E-state index contributed by atoms with van der Waals surface area (Å²) in [5.74, 6) is 2.17. The van der Waals surface area contributed by atoms with Crippen molar-refractivity contribution in [3.8, 4) is 12.3 Å². The number of terminal acetylenes is 1. The largest absolute Gasteiger partial charge is 0.494 e. The van der Waals surface area contributed by atoms with Gasteiger partial charge in [0.05, 0.1) is 12.1 Å². The molecule has 1 amide bonds. The van der Waals surface area contributed by atoms with Gasteiger partial charge in [-0.05, 0) is 62.9 Å². The van der Waals surface area contributed by atoms with Crippen molar-refractivity contribution >= 4 is 87.6 Å². The molecule has 29 heavy (non-hydrogen) atoms. The van der Waals surface area contributed by atoms with Crippen LogP contribution in [0.3, 0.4) is 0 Å². The molecule has 0 atom stereocenters. The Labute approximate surface area is 204 Å². The minimum Gasteiger partial charge on any atom is -0.494 e. The van der Waals surface area contributed by atoms with Crippen LogP contribution in [-0.2, 0) is 4.74 Å². The standard InChI is InChI=1S/C12H11Cl2NO.C6H12OS2.CH2OS2/c1-4-12(2,3)15-11(16)8-5-9(13)7-10(14)6-8;1-2-3-4-5-7-6(8)9;2-1(3)4/h1,5-7H,2-3H3,(H,15,16);2-5H2,1H3,(H,8,9);(H2,2,3,4). The third kappa shape index (κ3) is 20.4. The molecule has 0 radical (unpaired) electrons. The Bertz CT molecular complexity index is 698. The third-order valence-electron chi connectivity index (χ3n) is 2.89. The highest BCUT2D eigenvalue weighted by Crippen LogP contribution is 2.19. The highest BCUT2D eigenvalue weighted by molar-refractivity contribution is 8.10. The first-order valence-electron chi connectivity index (χ1n) is 8.38. The van der Waals surface area contributed by atoms with E-state index < -0.39 is 5.54 Å². The highest BCUT2D eigenvalue weighted by atomic mass is 35.5. The number of hydrogen-bond donors (Lipinski definition) is 4. The molecule has 0 heterocycles. The van der Waals surface area contributed by atoms with Gasteiger partial charge in [-0.1, -0.05) is 74.1 Å². The normalized spacial score (nSPS) is 9.59. The number of ether oxygens (including phenoxy) is 1. The van der Waals surface area contributed by atoms with Crippen molar-refractivity contribution in [3.63, 3.8) is 0 Å². The molecule has 0 saturated carbocycles. The molecule has 0 spiro atoms. The van der Waals surface area contributed by atoms with E-state index in [9.17, 15) is 4.79 Å². The number of benzene rings is 1. The van der Waals surface area contributed by atoms with E-state index in [1.54, 1.807) is 19.9 Å². The van der Waals surface area contributed by atoms with Crippen LogP contribution in [-0.4, -0.2) is 31.9 Å². The van der Waals surface area contributed by atoms with Crippen molar-refractivity contribution in [2.24, 2.45) is 0 Å². The number of hydrogen-bond acceptors (Lipinski definition) is 4. The van der Waals surface area contributed by atoms with Gasteiger partial charge in [0.1, 0.15) is 0 Å². The Morgan fingerprint density at radius 1 is 1.24 bits per heavy atom. The molecule has 1 aromatic rings. The van der Waals surface area contributed by atoms with Crippen molar-refractivity contribution in [2.45, 2.75) is 45.6 Å². The third-order valence-corrected chi connectivity index (χ3v) is 3.57. The van der Waals surface area contributed by atoms with Crippen LogP contribution >= 0.6 is 72.9 Å². The molecule has 0 aliphatic carbocycles. The molecule has 0 fully saturated rings. The van der Waals surface area contributed by atoms with E-state index in [1.165, 1.54) is 25.0 Å². The lowest BCUT2D eigenvalue weighted by Crippen LogP contribution is -2.42. The molecule has 0 saturated heterocycles. The molecule has 1 aromatic carbocycles. The summed E-state index contributed by atoms with van der Waals surface area (Å²) in [6.45, 7) is 6.34. The first-order chi connectivity index (χ1) is 13.3. The number of rotatable bonds is 6. The summed E-state index contributed by atoms with van der Waals surface area (Å²) >= 11 is 27.2. The summed E-state index contributed by atoms with van der Waals surface area (Å²) < 4.78 is 4.99. The van der Waals surface area contributed by atoms with Crippen LogP contribution in [0.5, 0.6) is 0 Å². The van der Waals surface area contributed by atoms with Crippen LogP contribution in [0.4, 0.5) is 0 Å². The topological polar surface area (TPSA) is 58.6 Å². The number of carbonyl (C=O) groups excluding carboxylic acids is 1. The molecule has 10 heteroatoms. The van der Waals surface area contributed by atoms with Crippen molar-refractivity contribution in [1.29, 1.82) is 0 Å². The summed E-state index contributed by atoms with van der Waals surface area (Å²) in [7, 11) is 0. The van der Waals surface area contributed by atoms with E-state index in [4.69, 9.17) is 39.5 Å². The van der Waals surface area contributed by atoms with E-state index in [-0.39, 0.29) is 10.3 Å². The molecule has 4 nitrogen and oxygen atoms in total. The van der Waals surface area contributed by atoms with Gasteiger partial charge < -0.3 is 15.2 Å². The number of nitrogens with one attached hydrogen (secondary N) is 1. The van der Waals surface area contributed by atoms with Gasteiger partial charge in [0.15, 0.2) is 0 Å². The van der Waals surface area contributed by atoms with Gasteiger partial charge >= 0.3 is 0 Å². The van der Waals surface area contributed by atoms with Gasteiger partial charge in [-0.15, -0.1) is 6.42 Å². The summed E-state index contributed by atoms with van der Waals surface area (Å²) in [4.78, 5) is 11.8. The number of aliphatic hydroxyl groups excluding tert-OH is 1. The van der Waals surface area contributed by atoms with Gasteiger partial charge in [0.25, 0.3) is 5.91 Å². The fourth-order valence-electron chi connectivity index (χ4n) is 1.59. The maximum atomic E-state index is 11.8. The predicted octanol–water partition coefficient (Wildman–Crippen LogP) is 6.30. The number of amides is 1. The molecule has 2 N–H and O–H groups in total. The average Bonchev–Trinajstić information content (AvgIpc) is 2.57. The maximum Gasteiger partial charge on any atom is 0.252 e. The van der Waals surface area contributed by atoms with Crippen molar-refractivity contribution in [2.75, 3.05) is 6.61 Å². The molecular formula is C19H25Cl2NO3S4. The number of carbonyl (C=O) groups is 1. The van der Waals surface area contributed by atoms with Gasteiger partial charge in [-0.2, -0.15) is 0 Å². The fourth-order valence-corrected chi connectivity index (χ4v) is 2.29. The Morgan fingerprint density at radius 2 is 1.72 bits per heavy atom. The second-order valence-electron chi connectivity index (χ2n) is 5.99. The molecular weight excluding hydrogens is 489 g/mol. The molecule has 162 valence electrons. The zero-order valence-electron chi connectivity index (χ0n) is 16.4. The Kier molecular flexibility index (Phi) is 17.9. The van der Waals surface area contributed by atoms with Gasteiger partial charge in [-0.25, -0.2) is 0 Å². The van der Waals surface area contributed by atoms with Crippen LogP contribution in [0.25, 0.3) is 0 Å². The van der Waals surface area contributed by atoms with Crippen LogP contribution < -0.4 is 5.32 Å². The lowest BCUT2D eigenvalue weighted by molar-refractivity contribution is 0.0930. The van der Waals surface area contributed by atoms with Crippen LogP contribution in [0.2, 0.25) is 10.0 Å². The van der Waals surface area contributed by atoms with Gasteiger partial charge in [0.2, 0.25) is 8.77 Å². The smallest absolute Gasteiger partial charge is 0.252 e. The monoisotopic (exact) mass is 513 g/mol. The summed E-state index contributed by atoms with van der Waals surface area (Å²) in [5.41, 5.74) is -0.313. The van der Waals surface area contributed by atoms with Crippen LogP contribution in [0, 0.1) is 12.3 Å². The minimum atomic E-state index is -0.703. The van der Waals surface area contributed by atoms with Crippen molar-refractivity contribution < 1.29 is 14.6 Å². The fraction of sp³-hybridized carbons (Fsp3) is 0.421. The Hall–Kier alpha value is -0.690. The summed E-state index contributed by atoms with van der Waals surface area (Å²) in [5, 5.41) is 11.2. The van der Waals surface area contributed by atoms with E-state index >= 15 is 0 Å². The summed E-state index contributed by atoms with van der Waals surface area (Å²) in [6.07, 6.45) is 8.77. The molecule has 0 bridgehead atoms. The Balaban J connectivity index is 0. The number of thiol groups is 2. The molecule has 0 aliphatic heterocycles. The quantitative estimate of drug-likeness (QED) is 0.155. The second-order valence-corrected chi connectivity index (χ2v) is 9.05. The zero-order valence-corrected chi connectivity index (χ0v) is 21.3. The summed E-state index contributed by atoms with van der Waals surface area (Å²) in [6, 6.07) is 4.64.